The van der Waals surface area contributed by atoms with Gasteiger partial charge in [-0.25, -0.2) is 9.97 Å². The van der Waals surface area contributed by atoms with Crippen molar-refractivity contribution >= 4 is 17.5 Å². The van der Waals surface area contributed by atoms with E-state index >= 15 is 0 Å². The first kappa shape index (κ1) is 17.3. The monoisotopic (exact) mass is 341 g/mol. The summed E-state index contributed by atoms with van der Waals surface area (Å²) >= 11 is 0. The maximum Gasteiger partial charge on any atom is 0.250 e. The number of aromatic nitrogens is 2. The highest BCUT2D eigenvalue weighted by atomic mass is 16.5. The fourth-order valence-corrected chi connectivity index (χ4v) is 2.59. The van der Waals surface area contributed by atoms with E-state index < -0.39 is 0 Å². The Morgan fingerprint density at radius 2 is 1.80 bits per heavy atom. The van der Waals surface area contributed by atoms with Crippen molar-refractivity contribution in [2.45, 2.75) is 6.61 Å². The van der Waals surface area contributed by atoms with Gasteiger partial charge in [-0.1, -0.05) is 30.3 Å². The average Bonchev–Trinajstić information content (AvgIpc) is 2.64. The molecule has 2 aromatic rings. The topological polar surface area (TPSA) is 70.6 Å². The molecular weight excluding hydrogens is 318 g/mol. The van der Waals surface area contributed by atoms with Gasteiger partial charge >= 0.3 is 0 Å². The van der Waals surface area contributed by atoms with Crippen molar-refractivity contribution < 1.29 is 9.53 Å². The van der Waals surface area contributed by atoms with E-state index in [0.29, 0.717) is 18.2 Å². The molecule has 0 unspecified atom stereocenters. The van der Waals surface area contributed by atoms with Crippen LogP contribution in [-0.4, -0.2) is 60.6 Å². The Kier molecular flexibility index (Phi) is 5.92. The van der Waals surface area contributed by atoms with Gasteiger partial charge in [0.25, 0.3) is 0 Å². The summed E-state index contributed by atoms with van der Waals surface area (Å²) in [5.74, 6) is 0.485. The van der Waals surface area contributed by atoms with Crippen LogP contribution in [-0.2, 0) is 16.1 Å². The lowest BCUT2D eigenvalue weighted by atomic mass is 10.2. The van der Waals surface area contributed by atoms with Crippen LogP contribution in [0, 0.1) is 0 Å². The lowest BCUT2D eigenvalue weighted by Crippen LogP contribution is -2.45. The molecule has 132 valence electrons. The van der Waals surface area contributed by atoms with Crippen LogP contribution in [0.25, 0.3) is 0 Å². The molecule has 0 saturated carbocycles. The minimum atomic E-state index is -0.216. The quantitative estimate of drug-likeness (QED) is 0.856. The molecule has 0 radical (unpaired) electrons. The number of benzene rings is 1. The molecule has 0 bridgehead atoms. The Bertz CT molecular complexity index is 670. The number of rotatable bonds is 6. The van der Waals surface area contributed by atoms with Crippen LogP contribution in [0.3, 0.4) is 0 Å². The third-order valence-electron chi connectivity index (χ3n) is 4.05. The SMILES string of the molecule is CN1CCN(c2ncc(NC(=O)COCc3ccccc3)cn2)CC1. The van der Waals surface area contributed by atoms with E-state index in [9.17, 15) is 4.79 Å². The number of ether oxygens (including phenoxy) is 1. The van der Waals surface area contributed by atoms with Gasteiger partial charge in [0.1, 0.15) is 6.61 Å². The summed E-state index contributed by atoms with van der Waals surface area (Å²) in [7, 11) is 2.11. The fourth-order valence-electron chi connectivity index (χ4n) is 2.59. The summed E-state index contributed by atoms with van der Waals surface area (Å²) in [5, 5.41) is 2.75. The van der Waals surface area contributed by atoms with E-state index in [4.69, 9.17) is 4.74 Å². The second-order valence-electron chi connectivity index (χ2n) is 6.09. The summed E-state index contributed by atoms with van der Waals surface area (Å²) in [6.07, 6.45) is 3.27. The number of hydrogen-bond donors (Lipinski definition) is 1. The lowest BCUT2D eigenvalue weighted by molar-refractivity contribution is -0.121. The van der Waals surface area contributed by atoms with Crippen LogP contribution in [0.1, 0.15) is 5.56 Å². The zero-order valence-corrected chi connectivity index (χ0v) is 14.4. The smallest absolute Gasteiger partial charge is 0.250 e. The fraction of sp³-hybridized carbons (Fsp3) is 0.389. The number of likely N-dealkylation sites (N-methyl/N-ethyl adjacent to an activating group) is 1. The van der Waals surface area contributed by atoms with Gasteiger partial charge in [0.2, 0.25) is 11.9 Å². The Morgan fingerprint density at radius 3 is 2.48 bits per heavy atom. The third-order valence-corrected chi connectivity index (χ3v) is 4.05. The van der Waals surface area contributed by atoms with Crippen molar-refractivity contribution in [2.24, 2.45) is 0 Å². The Hall–Kier alpha value is -2.51. The van der Waals surface area contributed by atoms with Crippen molar-refractivity contribution in [1.82, 2.24) is 14.9 Å². The number of carbonyl (C=O) groups is 1. The molecule has 25 heavy (non-hydrogen) atoms. The van der Waals surface area contributed by atoms with Crippen molar-refractivity contribution in [1.29, 1.82) is 0 Å². The minimum absolute atomic E-state index is 0.00486. The number of nitrogens with zero attached hydrogens (tertiary/aromatic N) is 4. The lowest BCUT2D eigenvalue weighted by Gasteiger charge is -2.32. The summed E-state index contributed by atoms with van der Waals surface area (Å²) in [4.78, 5) is 25.0. The molecule has 0 atom stereocenters. The second-order valence-corrected chi connectivity index (χ2v) is 6.09. The molecule has 0 aliphatic carbocycles. The Morgan fingerprint density at radius 1 is 1.12 bits per heavy atom. The predicted molar refractivity (Wildman–Crippen MR) is 96.5 cm³/mol. The predicted octanol–water partition coefficient (Wildman–Crippen LogP) is 1.38. The molecule has 7 heteroatoms. The zero-order chi connectivity index (χ0) is 17.5. The van der Waals surface area contributed by atoms with Gasteiger partial charge in [0, 0.05) is 26.2 Å². The van der Waals surface area contributed by atoms with E-state index in [2.05, 4.69) is 32.1 Å². The normalized spacial score (nSPS) is 15.2. The maximum absolute atomic E-state index is 11.9. The molecular formula is C18H23N5O2. The summed E-state index contributed by atoms with van der Waals surface area (Å²) in [6.45, 7) is 4.23. The van der Waals surface area contributed by atoms with Crippen molar-refractivity contribution in [2.75, 3.05) is 50.1 Å². The Labute approximate surface area is 147 Å². The van der Waals surface area contributed by atoms with Crippen molar-refractivity contribution in [3.63, 3.8) is 0 Å². The molecule has 2 heterocycles. The van der Waals surface area contributed by atoms with E-state index in [0.717, 1.165) is 31.7 Å². The van der Waals surface area contributed by atoms with Gasteiger partial charge in [-0.3, -0.25) is 4.79 Å². The van der Waals surface area contributed by atoms with Crippen LogP contribution in [0.2, 0.25) is 0 Å². The molecule has 1 fully saturated rings. The molecule has 1 saturated heterocycles. The van der Waals surface area contributed by atoms with Crippen molar-refractivity contribution in [3.8, 4) is 0 Å². The number of carbonyl (C=O) groups excluding carboxylic acids is 1. The van der Waals surface area contributed by atoms with Gasteiger partial charge in [0.05, 0.1) is 24.7 Å². The number of anilines is 2. The van der Waals surface area contributed by atoms with Crippen LogP contribution in [0.15, 0.2) is 42.7 Å². The van der Waals surface area contributed by atoms with Gasteiger partial charge < -0.3 is 19.9 Å². The molecule has 1 N–H and O–H groups in total. The first-order valence-corrected chi connectivity index (χ1v) is 8.38. The summed E-state index contributed by atoms with van der Waals surface area (Å²) in [5.41, 5.74) is 1.61. The molecule has 0 spiro atoms. The molecule has 1 amide bonds. The van der Waals surface area contributed by atoms with Crippen LogP contribution in [0.5, 0.6) is 0 Å². The number of hydrogen-bond acceptors (Lipinski definition) is 6. The highest BCUT2D eigenvalue weighted by Gasteiger charge is 2.16. The molecule has 7 nitrogen and oxygen atoms in total. The molecule has 1 aromatic carbocycles. The first-order chi connectivity index (χ1) is 12.2. The highest BCUT2D eigenvalue weighted by molar-refractivity contribution is 5.91. The summed E-state index contributed by atoms with van der Waals surface area (Å²) < 4.78 is 5.42. The van der Waals surface area contributed by atoms with E-state index in [1.807, 2.05) is 30.3 Å². The maximum atomic E-state index is 11.9. The van der Waals surface area contributed by atoms with Gasteiger partial charge in [-0.2, -0.15) is 0 Å². The van der Waals surface area contributed by atoms with Crippen molar-refractivity contribution in [3.05, 3.63) is 48.3 Å². The van der Waals surface area contributed by atoms with E-state index in [1.54, 1.807) is 12.4 Å². The van der Waals surface area contributed by atoms with Crippen LogP contribution < -0.4 is 10.2 Å². The third kappa shape index (κ3) is 5.23. The molecule has 1 aliphatic heterocycles. The summed E-state index contributed by atoms with van der Waals surface area (Å²) in [6, 6.07) is 9.75. The molecule has 3 rings (SSSR count). The van der Waals surface area contributed by atoms with Crippen LogP contribution >= 0.6 is 0 Å². The Balaban J connectivity index is 1.44. The van der Waals surface area contributed by atoms with E-state index in [-0.39, 0.29) is 12.5 Å². The van der Waals surface area contributed by atoms with E-state index in [1.165, 1.54) is 0 Å². The molecule has 1 aromatic heterocycles. The molecule has 1 aliphatic rings. The number of amides is 1. The number of nitrogens with one attached hydrogen (secondary N) is 1. The van der Waals surface area contributed by atoms with Crippen LogP contribution in [0.4, 0.5) is 11.6 Å². The zero-order valence-electron chi connectivity index (χ0n) is 14.4. The van der Waals surface area contributed by atoms with Gasteiger partial charge in [0.15, 0.2) is 0 Å². The second kappa shape index (κ2) is 8.55. The standard InChI is InChI=1S/C18H23N5O2/c1-22-7-9-23(10-8-22)18-19-11-16(12-20-18)21-17(24)14-25-13-15-5-3-2-4-6-15/h2-6,11-12H,7-10,13-14H2,1H3,(H,21,24). The first-order valence-electron chi connectivity index (χ1n) is 8.38. The highest BCUT2D eigenvalue weighted by Crippen LogP contribution is 2.12. The minimum Gasteiger partial charge on any atom is -0.367 e. The van der Waals surface area contributed by atoms with Gasteiger partial charge in [-0.05, 0) is 12.6 Å². The number of piperazine rings is 1. The average molecular weight is 341 g/mol. The van der Waals surface area contributed by atoms with Gasteiger partial charge in [-0.15, -0.1) is 0 Å². The largest absolute Gasteiger partial charge is 0.367 e.